The molecule has 1 heteroatoms. The molecule has 1 aliphatic rings. The highest BCUT2D eigenvalue weighted by atomic mass is 15.2. The molecule has 82 valence electrons. The summed E-state index contributed by atoms with van der Waals surface area (Å²) in [4.78, 5) is 2.63. The Morgan fingerprint density at radius 1 is 1.13 bits per heavy atom. The van der Waals surface area contributed by atoms with E-state index in [1.54, 1.807) is 0 Å². The van der Waals surface area contributed by atoms with E-state index in [1.165, 1.54) is 24.9 Å². The summed E-state index contributed by atoms with van der Waals surface area (Å²) in [5.41, 5.74) is 1.77. The molecule has 1 fully saturated rings. The van der Waals surface area contributed by atoms with E-state index in [-0.39, 0.29) is 5.54 Å². The number of rotatable bonds is 1. The standard InChI is InChI=1S/C14H21N/c1-14(2,3)15-11-7-10-13(15)12-8-5-4-6-9-12/h4-6,8-9,13H,7,10-11H2,1-3H3/t13-/m0/s1. The molecule has 0 N–H and O–H groups in total. The van der Waals surface area contributed by atoms with Crippen molar-refractivity contribution >= 4 is 0 Å². The Morgan fingerprint density at radius 3 is 2.40 bits per heavy atom. The second-order valence-corrected chi connectivity index (χ2v) is 5.43. The third-order valence-electron chi connectivity index (χ3n) is 3.30. The maximum Gasteiger partial charge on any atom is 0.0353 e. The molecule has 0 aliphatic carbocycles. The van der Waals surface area contributed by atoms with Gasteiger partial charge in [0.15, 0.2) is 0 Å². The Balaban J connectivity index is 2.23. The van der Waals surface area contributed by atoms with Crippen LogP contribution in [0.4, 0.5) is 0 Å². The summed E-state index contributed by atoms with van der Waals surface area (Å²) in [6, 6.07) is 11.5. The molecule has 1 aliphatic heterocycles. The first-order valence-corrected chi connectivity index (χ1v) is 5.91. The van der Waals surface area contributed by atoms with Crippen LogP contribution in [-0.4, -0.2) is 17.0 Å². The monoisotopic (exact) mass is 203 g/mol. The third kappa shape index (κ3) is 2.23. The van der Waals surface area contributed by atoms with Gasteiger partial charge in [-0.25, -0.2) is 0 Å². The van der Waals surface area contributed by atoms with Crippen molar-refractivity contribution in [3.63, 3.8) is 0 Å². The molecule has 1 heterocycles. The van der Waals surface area contributed by atoms with Gasteiger partial charge < -0.3 is 0 Å². The number of hydrogen-bond donors (Lipinski definition) is 0. The molecule has 1 atom stereocenters. The normalized spacial score (nSPS) is 23.3. The zero-order valence-electron chi connectivity index (χ0n) is 10.0. The van der Waals surface area contributed by atoms with E-state index in [1.807, 2.05) is 0 Å². The summed E-state index contributed by atoms with van der Waals surface area (Å²) < 4.78 is 0. The van der Waals surface area contributed by atoms with Gasteiger partial charge in [0.05, 0.1) is 0 Å². The highest BCUT2D eigenvalue weighted by Crippen LogP contribution is 2.36. The van der Waals surface area contributed by atoms with Gasteiger partial charge in [-0.05, 0) is 45.7 Å². The Kier molecular flexibility index (Phi) is 2.83. The van der Waals surface area contributed by atoms with Gasteiger partial charge in [-0.15, -0.1) is 0 Å². The second kappa shape index (κ2) is 3.97. The fourth-order valence-corrected chi connectivity index (χ4v) is 2.59. The molecule has 2 rings (SSSR count). The third-order valence-corrected chi connectivity index (χ3v) is 3.30. The van der Waals surface area contributed by atoms with Crippen molar-refractivity contribution in [1.29, 1.82) is 0 Å². The molecule has 0 saturated carbocycles. The van der Waals surface area contributed by atoms with Gasteiger partial charge in [0.25, 0.3) is 0 Å². The van der Waals surface area contributed by atoms with Crippen LogP contribution in [0.3, 0.4) is 0 Å². The van der Waals surface area contributed by atoms with Crippen LogP contribution in [0.2, 0.25) is 0 Å². The molecule has 0 spiro atoms. The van der Waals surface area contributed by atoms with E-state index < -0.39 is 0 Å². The van der Waals surface area contributed by atoms with Crippen LogP contribution in [0, 0.1) is 0 Å². The lowest BCUT2D eigenvalue weighted by molar-refractivity contribution is 0.121. The lowest BCUT2D eigenvalue weighted by Crippen LogP contribution is -2.40. The number of benzene rings is 1. The molecule has 0 unspecified atom stereocenters. The predicted octanol–water partition coefficient (Wildman–Crippen LogP) is 3.62. The van der Waals surface area contributed by atoms with Crippen LogP contribution in [0.25, 0.3) is 0 Å². The summed E-state index contributed by atoms with van der Waals surface area (Å²) in [6.07, 6.45) is 2.64. The van der Waals surface area contributed by atoms with Gasteiger partial charge in [-0.2, -0.15) is 0 Å². The summed E-state index contributed by atoms with van der Waals surface area (Å²) in [7, 11) is 0. The van der Waals surface area contributed by atoms with E-state index in [2.05, 4.69) is 56.0 Å². The minimum absolute atomic E-state index is 0.289. The van der Waals surface area contributed by atoms with E-state index >= 15 is 0 Å². The van der Waals surface area contributed by atoms with E-state index in [0.29, 0.717) is 6.04 Å². The largest absolute Gasteiger partial charge is 0.291 e. The van der Waals surface area contributed by atoms with E-state index in [4.69, 9.17) is 0 Å². The molecule has 0 bridgehead atoms. The maximum absolute atomic E-state index is 2.63. The topological polar surface area (TPSA) is 3.24 Å². The number of nitrogens with zero attached hydrogens (tertiary/aromatic N) is 1. The minimum Gasteiger partial charge on any atom is -0.291 e. The first kappa shape index (κ1) is 10.7. The van der Waals surface area contributed by atoms with Crippen LogP contribution < -0.4 is 0 Å². The molecular formula is C14H21N. The zero-order chi connectivity index (χ0) is 10.9. The summed E-state index contributed by atoms with van der Waals surface area (Å²) in [5.74, 6) is 0. The molecule has 0 amide bonds. The van der Waals surface area contributed by atoms with Crippen LogP contribution in [0.5, 0.6) is 0 Å². The van der Waals surface area contributed by atoms with Crippen LogP contribution in [-0.2, 0) is 0 Å². The van der Waals surface area contributed by atoms with Gasteiger partial charge >= 0.3 is 0 Å². The lowest BCUT2D eigenvalue weighted by atomic mass is 9.99. The molecule has 15 heavy (non-hydrogen) atoms. The number of likely N-dealkylation sites (tertiary alicyclic amines) is 1. The first-order chi connectivity index (χ1) is 7.09. The van der Waals surface area contributed by atoms with E-state index in [9.17, 15) is 0 Å². The molecule has 1 nitrogen and oxygen atoms in total. The fourth-order valence-electron chi connectivity index (χ4n) is 2.59. The second-order valence-electron chi connectivity index (χ2n) is 5.43. The Hall–Kier alpha value is -0.820. The average Bonchev–Trinajstić information content (AvgIpc) is 2.67. The average molecular weight is 203 g/mol. The fraction of sp³-hybridized carbons (Fsp3) is 0.571. The van der Waals surface area contributed by atoms with Crippen molar-refractivity contribution in [2.75, 3.05) is 6.54 Å². The van der Waals surface area contributed by atoms with Gasteiger partial charge in [-0.1, -0.05) is 30.3 Å². The Morgan fingerprint density at radius 2 is 1.80 bits per heavy atom. The van der Waals surface area contributed by atoms with Crippen molar-refractivity contribution in [1.82, 2.24) is 4.90 Å². The van der Waals surface area contributed by atoms with Crippen LogP contribution in [0.1, 0.15) is 45.2 Å². The molecule has 0 radical (unpaired) electrons. The summed E-state index contributed by atoms with van der Waals surface area (Å²) >= 11 is 0. The first-order valence-electron chi connectivity index (χ1n) is 5.91. The summed E-state index contributed by atoms with van der Waals surface area (Å²) in [6.45, 7) is 8.18. The van der Waals surface area contributed by atoms with Crippen molar-refractivity contribution < 1.29 is 0 Å². The highest BCUT2D eigenvalue weighted by Gasteiger charge is 2.33. The van der Waals surface area contributed by atoms with E-state index in [0.717, 1.165) is 0 Å². The lowest BCUT2D eigenvalue weighted by Gasteiger charge is -2.37. The smallest absolute Gasteiger partial charge is 0.0353 e. The SMILES string of the molecule is CC(C)(C)N1CCC[C@H]1c1ccccc1. The highest BCUT2D eigenvalue weighted by molar-refractivity contribution is 5.20. The molecule has 1 saturated heterocycles. The summed E-state index contributed by atoms with van der Waals surface area (Å²) in [5, 5.41) is 0. The predicted molar refractivity (Wildman–Crippen MR) is 64.9 cm³/mol. The van der Waals surface area contributed by atoms with Crippen molar-refractivity contribution in [3.05, 3.63) is 35.9 Å². The molecular weight excluding hydrogens is 182 g/mol. The Labute approximate surface area is 93.1 Å². The molecule has 1 aromatic rings. The van der Waals surface area contributed by atoms with Gasteiger partial charge in [0.2, 0.25) is 0 Å². The molecule has 0 aromatic heterocycles. The van der Waals surface area contributed by atoms with Crippen LogP contribution >= 0.6 is 0 Å². The van der Waals surface area contributed by atoms with Gasteiger partial charge in [0.1, 0.15) is 0 Å². The number of hydrogen-bond acceptors (Lipinski definition) is 1. The maximum atomic E-state index is 2.63. The van der Waals surface area contributed by atoms with Gasteiger partial charge in [0, 0.05) is 11.6 Å². The minimum atomic E-state index is 0.289. The van der Waals surface area contributed by atoms with Crippen molar-refractivity contribution in [2.24, 2.45) is 0 Å². The zero-order valence-corrected chi connectivity index (χ0v) is 10.0. The quantitative estimate of drug-likeness (QED) is 0.674. The Bertz CT molecular complexity index is 310. The van der Waals surface area contributed by atoms with Gasteiger partial charge in [-0.3, -0.25) is 4.90 Å². The van der Waals surface area contributed by atoms with Crippen LogP contribution in [0.15, 0.2) is 30.3 Å². The van der Waals surface area contributed by atoms with Crippen molar-refractivity contribution in [2.45, 2.75) is 45.2 Å². The molecule has 1 aromatic carbocycles. The van der Waals surface area contributed by atoms with Crippen molar-refractivity contribution in [3.8, 4) is 0 Å².